The highest BCUT2D eigenvalue weighted by molar-refractivity contribution is 6.13. The number of rotatable bonds is 4. The molecular formula is C28H16F6N6O3. The number of nitrogens with zero attached hydrogens (tertiary/aromatic N) is 4. The van der Waals surface area contributed by atoms with Gasteiger partial charge >= 0.3 is 12.4 Å². The third-order valence-electron chi connectivity index (χ3n) is 6.97. The quantitative estimate of drug-likeness (QED) is 0.268. The number of carbonyl (C=O) groups is 1. The van der Waals surface area contributed by atoms with Crippen LogP contribution < -0.4 is 11.1 Å². The number of aromatic amines is 1. The molecule has 1 amide bonds. The Balaban J connectivity index is 1.67. The molecule has 0 radical (unpaired) electrons. The van der Waals surface area contributed by atoms with E-state index in [-0.39, 0.29) is 22.2 Å². The van der Waals surface area contributed by atoms with E-state index < -0.39 is 57.9 Å². The summed E-state index contributed by atoms with van der Waals surface area (Å²) in [6.07, 6.45) is -9.46. The van der Waals surface area contributed by atoms with Crippen LogP contribution in [0.4, 0.5) is 26.3 Å². The molecule has 4 aromatic heterocycles. The zero-order valence-corrected chi connectivity index (χ0v) is 21.9. The lowest BCUT2D eigenvalue weighted by Gasteiger charge is -2.13. The number of benzene rings is 2. The zero-order valence-electron chi connectivity index (χ0n) is 21.9. The fourth-order valence-corrected chi connectivity index (χ4v) is 5.02. The number of alkyl halides is 6. The lowest BCUT2D eigenvalue weighted by Crippen LogP contribution is -2.21. The predicted octanol–water partition coefficient (Wildman–Crippen LogP) is 5.20. The van der Waals surface area contributed by atoms with Crippen LogP contribution in [0.25, 0.3) is 50.2 Å². The molecule has 218 valence electrons. The van der Waals surface area contributed by atoms with Gasteiger partial charge in [-0.1, -0.05) is 18.2 Å². The molecule has 0 fully saturated rings. The summed E-state index contributed by atoms with van der Waals surface area (Å²) in [5.74, 6) is -0.0474. The molecule has 0 unspecified atom stereocenters. The van der Waals surface area contributed by atoms with Crippen molar-refractivity contribution in [3.63, 3.8) is 0 Å². The highest BCUT2D eigenvalue weighted by atomic mass is 19.4. The minimum atomic E-state index is -5.24. The van der Waals surface area contributed by atoms with E-state index in [1.807, 2.05) is 0 Å². The molecule has 6 rings (SSSR count). The molecule has 4 heterocycles. The average Bonchev–Trinajstić information content (AvgIpc) is 3.62. The molecule has 0 atom stereocenters. The van der Waals surface area contributed by atoms with Crippen molar-refractivity contribution in [2.75, 3.05) is 0 Å². The molecule has 3 N–H and O–H groups in total. The number of nitrogens with one attached hydrogen (secondary N) is 1. The average molecular weight is 598 g/mol. The van der Waals surface area contributed by atoms with Crippen molar-refractivity contribution < 1.29 is 40.3 Å². The maximum atomic E-state index is 14.6. The van der Waals surface area contributed by atoms with Crippen LogP contribution in [0.2, 0.25) is 0 Å². The van der Waals surface area contributed by atoms with Crippen molar-refractivity contribution in [3.8, 4) is 28.5 Å². The first kappa shape index (κ1) is 27.7. The summed E-state index contributed by atoms with van der Waals surface area (Å²) in [7, 11) is 0. The van der Waals surface area contributed by atoms with E-state index in [9.17, 15) is 35.9 Å². The van der Waals surface area contributed by atoms with E-state index in [4.69, 9.17) is 10.2 Å². The smallest absolute Gasteiger partial charge is 0.434 e. The Morgan fingerprint density at radius 1 is 1.02 bits per heavy atom. The van der Waals surface area contributed by atoms with Crippen LogP contribution in [0.3, 0.4) is 0 Å². The van der Waals surface area contributed by atoms with E-state index in [0.29, 0.717) is 32.7 Å². The molecule has 0 aliphatic carbocycles. The van der Waals surface area contributed by atoms with Crippen molar-refractivity contribution in [2.24, 2.45) is 5.73 Å². The number of primary amides is 1. The Hall–Kier alpha value is -5.43. The fraction of sp³-hybridized carbons (Fsp3) is 0.143. The Kier molecular flexibility index (Phi) is 5.99. The minimum Gasteiger partial charge on any atom is -0.440 e. The molecule has 0 aliphatic heterocycles. The van der Waals surface area contributed by atoms with Crippen molar-refractivity contribution in [1.82, 2.24) is 24.7 Å². The maximum absolute atomic E-state index is 14.6. The molecule has 2 aromatic carbocycles. The first-order valence-corrected chi connectivity index (χ1v) is 12.3. The van der Waals surface area contributed by atoms with Gasteiger partial charge in [0, 0.05) is 33.4 Å². The Morgan fingerprint density at radius 3 is 2.35 bits per heavy atom. The number of nitrogens with two attached hydrogens (primary N) is 1. The lowest BCUT2D eigenvalue weighted by atomic mass is 10.0. The summed E-state index contributed by atoms with van der Waals surface area (Å²) in [5, 5.41) is 5.01. The van der Waals surface area contributed by atoms with Crippen LogP contribution in [0.15, 0.2) is 47.0 Å². The minimum absolute atomic E-state index is 0.0649. The van der Waals surface area contributed by atoms with Crippen LogP contribution in [-0.2, 0) is 17.1 Å². The molecule has 0 saturated carbocycles. The molecule has 0 spiro atoms. The highest BCUT2D eigenvalue weighted by Gasteiger charge is 2.44. The third-order valence-corrected chi connectivity index (χ3v) is 6.97. The number of aromatic nitrogens is 5. The van der Waals surface area contributed by atoms with Crippen molar-refractivity contribution >= 4 is 33.5 Å². The van der Waals surface area contributed by atoms with Crippen LogP contribution in [0, 0.1) is 13.8 Å². The molecule has 15 heteroatoms. The van der Waals surface area contributed by atoms with Gasteiger partial charge < -0.3 is 15.1 Å². The van der Waals surface area contributed by atoms with Crippen LogP contribution in [-0.4, -0.2) is 36.6 Å². The number of halogens is 6. The first-order chi connectivity index (χ1) is 20.2. The predicted molar refractivity (Wildman–Crippen MR) is 140 cm³/mol. The summed E-state index contributed by atoms with van der Waals surface area (Å²) in [4.78, 5) is 34.5. The second kappa shape index (κ2) is 9.29. The molecule has 0 bridgehead atoms. The molecule has 6 aromatic rings. The molecule has 43 heavy (non-hydrogen) atoms. The van der Waals surface area contributed by atoms with E-state index in [0.717, 1.165) is 6.20 Å². The van der Waals surface area contributed by atoms with Gasteiger partial charge in [-0.15, -0.1) is 0 Å². The number of oxazole rings is 1. The van der Waals surface area contributed by atoms with E-state index in [1.165, 1.54) is 38.1 Å². The van der Waals surface area contributed by atoms with Gasteiger partial charge in [-0.3, -0.25) is 4.79 Å². The number of aryl methyl sites for hydroxylation is 2. The van der Waals surface area contributed by atoms with Crippen molar-refractivity contribution in [2.45, 2.75) is 26.2 Å². The van der Waals surface area contributed by atoms with Gasteiger partial charge in [0.05, 0.1) is 22.5 Å². The largest absolute Gasteiger partial charge is 0.440 e. The van der Waals surface area contributed by atoms with Gasteiger partial charge in [0.1, 0.15) is 22.5 Å². The second-order valence-corrected chi connectivity index (χ2v) is 9.59. The molecule has 9 nitrogen and oxygen atoms in total. The number of amides is 1. The number of carbonyl (C=O) groups excluding carboxylic acids is 2. The van der Waals surface area contributed by atoms with Crippen molar-refractivity contribution in [1.29, 1.82) is 0 Å². The Morgan fingerprint density at radius 2 is 1.74 bits per heavy atom. The van der Waals surface area contributed by atoms with E-state index >= 15 is 0 Å². The van der Waals surface area contributed by atoms with E-state index in [2.05, 4.69) is 20.1 Å². The van der Waals surface area contributed by atoms with Crippen LogP contribution in [0.1, 0.15) is 33.1 Å². The SMILES string of the molecule is Cc1nc(-c2ncc(-c3nn(-c4ccc5[nH]c(=C=O)c6cccc4c56)c(C(F)(F)F)c3C(N)=O)cc2C(F)(F)F)oc1C. The van der Waals surface area contributed by atoms with Gasteiger partial charge in [0.25, 0.3) is 5.91 Å². The standard InChI is InChI=1S/C28H16F6N6O3/c1-11-12(2)43-26(37-11)23-16(27(29,30)31)8-13(9-36-23)22-21(25(35)42)24(28(32,33)34)40(39-22)19-7-6-17-20-14(18(10-41)38-17)4-3-5-15(19)20/h3-9,38H,1-2H3,(H2,35,42). The van der Waals surface area contributed by atoms with Gasteiger partial charge in [-0.05, 0) is 32.0 Å². The first-order valence-electron chi connectivity index (χ1n) is 12.3. The Bertz CT molecular complexity index is 2160. The normalized spacial score (nSPS) is 12.4. The fourth-order valence-electron chi connectivity index (χ4n) is 5.02. The summed E-state index contributed by atoms with van der Waals surface area (Å²) in [6, 6.07) is 7.69. The van der Waals surface area contributed by atoms with Gasteiger partial charge in [-0.2, -0.15) is 31.4 Å². The monoisotopic (exact) mass is 598 g/mol. The maximum Gasteiger partial charge on any atom is 0.434 e. The topological polar surface area (TPSA) is 133 Å². The summed E-state index contributed by atoms with van der Waals surface area (Å²) in [5.41, 5.74) is -0.249. The molecule has 0 aliphatic rings. The van der Waals surface area contributed by atoms with Crippen molar-refractivity contribution in [3.05, 3.63) is 76.2 Å². The highest BCUT2D eigenvalue weighted by Crippen LogP contribution is 2.42. The zero-order chi connectivity index (χ0) is 31.0. The van der Waals surface area contributed by atoms with Crippen LogP contribution >= 0.6 is 0 Å². The number of H-pyrrole nitrogens is 1. The lowest BCUT2D eigenvalue weighted by molar-refractivity contribution is -0.143. The summed E-state index contributed by atoms with van der Waals surface area (Å²) >= 11 is 0. The van der Waals surface area contributed by atoms with Gasteiger partial charge in [0.15, 0.2) is 11.6 Å². The van der Waals surface area contributed by atoms with Crippen LogP contribution in [0.5, 0.6) is 0 Å². The van der Waals surface area contributed by atoms with Gasteiger partial charge in [-0.25, -0.2) is 19.4 Å². The van der Waals surface area contributed by atoms with Gasteiger partial charge in [0.2, 0.25) is 5.89 Å². The summed E-state index contributed by atoms with van der Waals surface area (Å²) < 4.78 is 92.2. The Labute approximate surface area is 235 Å². The third kappa shape index (κ3) is 4.32. The number of hydrogen-bond donors (Lipinski definition) is 2. The number of hydrogen-bond acceptors (Lipinski definition) is 6. The second-order valence-electron chi connectivity index (χ2n) is 9.59. The molecular weight excluding hydrogens is 582 g/mol. The van der Waals surface area contributed by atoms with E-state index in [1.54, 1.807) is 12.0 Å². The summed E-state index contributed by atoms with van der Waals surface area (Å²) in [6.45, 7) is 3.00. The molecule has 0 saturated heterocycles. The number of pyridine rings is 1.